The largest absolute Gasteiger partial charge is 0.379 e. The molecule has 1 saturated heterocycles. The van der Waals surface area contributed by atoms with Crippen molar-refractivity contribution >= 4 is 56.0 Å². The van der Waals surface area contributed by atoms with Crippen molar-refractivity contribution in [1.82, 2.24) is 9.88 Å². The maximum absolute atomic E-state index is 13.3. The first-order valence-electron chi connectivity index (χ1n) is 11.9. The molecule has 1 fully saturated rings. The van der Waals surface area contributed by atoms with Gasteiger partial charge in [-0.05, 0) is 62.3 Å². The average Bonchev–Trinajstić information content (AvgIpc) is 3.28. The van der Waals surface area contributed by atoms with Gasteiger partial charge in [0, 0.05) is 42.5 Å². The van der Waals surface area contributed by atoms with E-state index in [-0.39, 0.29) is 5.91 Å². The Morgan fingerprint density at radius 2 is 1.91 bits per heavy atom. The first-order valence-corrected chi connectivity index (χ1v) is 14.0. The van der Waals surface area contributed by atoms with Crippen LogP contribution in [0.5, 0.6) is 0 Å². The van der Waals surface area contributed by atoms with Crippen molar-refractivity contribution < 1.29 is 9.53 Å². The number of hydrogen-bond donors (Lipinski definition) is 0. The molecule has 1 aromatic heterocycles. The van der Waals surface area contributed by atoms with Crippen LogP contribution in [0, 0.1) is 13.8 Å². The Bertz CT molecular complexity index is 1100. The van der Waals surface area contributed by atoms with Crippen molar-refractivity contribution in [2.75, 3.05) is 50.0 Å². The van der Waals surface area contributed by atoms with Crippen LogP contribution in [0.4, 0.5) is 5.13 Å². The van der Waals surface area contributed by atoms with Crippen molar-refractivity contribution in [2.24, 2.45) is 0 Å². The summed E-state index contributed by atoms with van der Waals surface area (Å²) in [7, 11) is 0. The highest BCUT2D eigenvalue weighted by atomic mass is 35.5. The number of amides is 1. The molecule has 5 nitrogen and oxygen atoms in total. The molecular formula is C26H32ClN3O2S2. The number of halogens is 1. The summed E-state index contributed by atoms with van der Waals surface area (Å²) in [5.74, 6) is 1.07. The Morgan fingerprint density at radius 1 is 1.15 bits per heavy atom. The molecule has 1 aliphatic rings. The normalized spacial score (nSPS) is 14.6. The molecule has 0 N–H and O–H groups in total. The Hall–Kier alpha value is -1.64. The van der Waals surface area contributed by atoms with Gasteiger partial charge in [-0.15, -0.1) is 11.8 Å². The van der Waals surface area contributed by atoms with E-state index < -0.39 is 0 Å². The van der Waals surface area contributed by atoms with Crippen molar-refractivity contribution in [2.45, 2.75) is 38.0 Å². The van der Waals surface area contributed by atoms with Gasteiger partial charge in [0.1, 0.15) is 0 Å². The predicted molar refractivity (Wildman–Crippen MR) is 145 cm³/mol. The third-order valence-electron chi connectivity index (χ3n) is 6.05. The molecule has 182 valence electrons. The molecule has 0 saturated carbocycles. The second kappa shape index (κ2) is 12.4. The van der Waals surface area contributed by atoms with Crippen LogP contribution in [0.2, 0.25) is 5.02 Å². The molecular weight excluding hydrogens is 486 g/mol. The second-order valence-corrected chi connectivity index (χ2v) is 11.2. The number of fused-ring (bicyclic) bond motifs is 1. The second-order valence-electron chi connectivity index (χ2n) is 8.63. The molecule has 3 aromatic rings. The number of carbonyl (C=O) groups excluding carboxylic acids is 1. The van der Waals surface area contributed by atoms with E-state index in [4.69, 9.17) is 21.3 Å². The summed E-state index contributed by atoms with van der Waals surface area (Å²) < 4.78 is 6.52. The number of hydrogen-bond acceptors (Lipinski definition) is 6. The monoisotopic (exact) mass is 517 g/mol. The van der Waals surface area contributed by atoms with E-state index >= 15 is 0 Å². The summed E-state index contributed by atoms with van der Waals surface area (Å²) >= 11 is 9.70. The highest BCUT2D eigenvalue weighted by molar-refractivity contribution is 7.99. The smallest absolute Gasteiger partial charge is 0.228 e. The van der Waals surface area contributed by atoms with Gasteiger partial charge in [0.2, 0.25) is 5.91 Å². The van der Waals surface area contributed by atoms with Gasteiger partial charge in [-0.3, -0.25) is 14.6 Å². The molecule has 2 aromatic carbocycles. The topological polar surface area (TPSA) is 45.7 Å². The molecule has 4 rings (SSSR count). The lowest BCUT2D eigenvalue weighted by Gasteiger charge is -2.27. The number of morpholine rings is 1. The van der Waals surface area contributed by atoms with Crippen LogP contribution in [-0.4, -0.2) is 60.9 Å². The number of nitrogens with zero attached hydrogens (tertiary/aromatic N) is 3. The highest BCUT2D eigenvalue weighted by Gasteiger charge is 2.21. The molecule has 0 bridgehead atoms. The van der Waals surface area contributed by atoms with Gasteiger partial charge < -0.3 is 4.74 Å². The van der Waals surface area contributed by atoms with Crippen LogP contribution in [0.3, 0.4) is 0 Å². The van der Waals surface area contributed by atoms with E-state index in [2.05, 4.69) is 36.1 Å². The van der Waals surface area contributed by atoms with Gasteiger partial charge in [0.15, 0.2) is 5.13 Å². The number of thioether (sulfide) groups is 1. The summed E-state index contributed by atoms with van der Waals surface area (Å²) in [5.41, 5.74) is 3.13. The predicted octanol–water partition coefficient (Wildman–Crippen LogP) is 6.19. The Morgan fingerprint density at radius 3 is 2.68 bits per heavy atom. The number of ether oxygens (including phenoxy) is 1. The number of anilines is 1. The van der Waals surface area contributed by atoms with Gasteiger partial charge in [-0.1, -0.05) is 40.6 Å². The van der Waals surface area contributed by atoms with E-state index in [1.165, 1.54) is 10.5 Å². The maximum atomic E-state index is 13.3. The molecule has 8 heteroatoms. The van der Waals surface area contributed by atoms with Crippen molar-refractivity contribution in [1.29, 1.82) is 0 Å². The molecule has 2 heterocycles. The van der Waals surface area contributed by atoms with Crippen LogP contribution < -0.4 is 4.90 Å². The lowest BCUT2D eigenvalue weighted by atomic mass is 10.2. The van der Waals surface area contributed by atoms with Crippen LogP contribution in [0.15, 0.2) is 41.3 Å². The Balaban J connectivity index is 1.40. The van der Waals surface area contributed by atoms with Crippen LogP contribution in [0.25, 0.3) is 10.2 Å². The lowest BCUT2D eigenvalue weighted by molar-refractivity contribution is -0.118. The van der Waals surface area contributed by atoms with Crippen LogP contribution in [0.1, 0.15) is 30.4 Å². The zero-order chi connectivity index (χ0) is 23.9. The molecule has 0 radical (unpaired) electrons. The molecule has 0 atom stereocenters. The zero-order valence-electron chi connectivity index (χ0n) is 19.9. The number of aryl methyl sites for hydroxylation is 2. The SMILES string of the molecule is Cc1ccc(SCCCC(=O)N(CCCN2CCOCC2)c2nc3c(C)c(Cl)ccc3s2)cc1. The number of rotatable bonds is 10. The van der Waals surface area contributed by atoms with Crippen molar-refractivity contribution in [3.63, 3.8) is 0 Å². The first-order chi connectivity index (χ1) is 16.5. The minimum absolute atomic E-state index is 0.147. The number of thiazole rings is 1. The van der Waals surface area contributed by atoms with E-state index in [0.29, 0.717) is 18.0 Å². The minimum Gasteiger partial charge on any atom is -0.379 e. The average molecular weight is 518 g/mol. The summed E-state index contributed by atoms with van der Waals surface area (Å²) in [6.07, 6.45) is 2.28. The van der Waals surface area contributed by atoms with E-state index in [1.54, 1.807) is 23.1 Å². The van der Waals surface area contributed by atoms with Gasteiger partial charge in [-0.25, -0.2) is 4.98 Å². The first kappa shape index (κ1) is 25.5. The Kier molecular flexibility index (Phi) is 9.25. The Labute approximate surface area is 215 Å². The molecule has 0 aliphatic carbocycles. The summed E-state index contributed by atoms with van der Waals surface area (Å²) in [6.45, 7) is 9.23. The van der Waals surface area contributed by atoms with Gasteiger partial charge >= 0.3 is 0 Å². The number of aromatic nitrogens is 1. The fourth-order valence-corrected chi connectivity index (χ4v) is 6.07. The fraction of sp³-hybridized carbons (Fsp3) is 0.462. The van der Waals surface area contributed by atoms with E-state index in [9.17, 15) is 4.79 Å². The molecule has 34 heavy (non-hydrogen) atoms. The summed E-state index contributed by atoms with van der Waals surface area (Å²) in [4.78, 5) is 23.7. The standard InChI is InChI=1S/C26H32ClN3O2S2/c1-19-6-8-21(9-7-19)33-18-3-5-24(31)30(13-4-12-29-14-16-32-17-15-29)26-28-25-20(2)22(27)10-11-23(25)34-26/h6-11H,3-5,12-18H2,1-2H3. The third-order valence-corrected chi connectivity index (χ3v) is 8.60. The number of benzene rings is 2. The molecule has 0 unspecified atom stereocenters. The fourth-order valence-electron chi connectivity index (χ4n) is 3.99. The quantitative estimate of drug-likeness (QED) is 0.237. The van der Waals surface area contributed by atoms with Crippen molar-refractivity contribution in [3.05, 3.63) is 52.5 Å². The summed E-state index contributed by atoms with van der Waals surface area (Å²) in [5, 5.41) is 1.49. The van der Waals surface area contributed by atoms with E-state index in [0.717, 1.165) is 72.4 Å². The zero-order valence-corrected chi connectivity index (χ0v) is 22.3. The van der Waals surface area contributed by atoms with Crippen molar-refractivity contribution in [3.8, 4) is 0 Å². The molecule has 1 amide bonds. The summed E-state index contributed by atoms with van der Waals surface area (Å²) in [6, 6.07) is 12.5. The van der Waals surface area contributed by atoms with Gasteiger partial charge in [0.05, 0.1) is 23.4 Å². The molecule has 0 spiro atoms. The third kappa shape index (κ3) is 6.73. The number of carbonyl (C=O) groups is 1. The van der Waals surface area contributed by atoms with Gasteiger partial charge in [-0.2, -0.15) is 0 Å². The van der Waals surface area contributed by atoms with Crippen LogP contribution >= 0.6 is 34.7 Å². The van der Waals surface area contributed by atoms with Gasteiger partial charge in [0.25, 0.3) is 0 Å². The maximum Gasteiger partial charge on any atom is 0.228 e. The lowest BCUT2D eigenvalue weighted by Crippen LogP contribution is -2.39. The van der Waals surface area contributed by atoms with Crippen LogP contribution in [-0.2, 0) is 9.53 Å². The minimum atomic E-state index is 0.147. The van der Waals surface area contributed by atoms with E-state index in [1.807, 2.05) is 24.0 Å². The highest BCUT2D eigenvalue weighted by Crippen LogP contribution is 2.34. The molecule has 1 aliphatic heterocycles.